The molecule has 1 aliphatic heterocycles. The predicted octanol–water partition coefficient (Wildman–Crippen LogP) is 2.22. The molecule has 3 heteroatoms. The molecule has 1 aromatic rings. The quantitative estimate of drug-likeness (QED) is 0.870. The number of hydrogen-bond acceptors (Lipinski definition) is 3. The minimum atomic E-state index is 0.205. The summed E-state index contributed by atoms with van der Waals surface area (Å²) in [5, 5.41) is 0. The van der Waals surface area contributed by atoms with Crippen LogP contribution in [0.15, 0.2) is 6.07 Å². The molecule has 94 valence electrons. The summed E-state index contributed by atoms with van der Waals surface area (Å²) in [5.74, 6) is 1.99. The van der Waals surface area contributed by atoms with E-state index in [1.807, 2.05) is 0 Å². The lowest BCUT2D eigenvalue weighted by molar-refractivity contribution is 0.352. The van der Waals surface area contributed by atoms with Crippen molar-refractivity contribution < 1.29 is 9.47 Å². The topological polar surface area (TPSA) is 44.5 Å². The van der Waals surface area contributed by atoms with Gasteiger partial charge in [-0.25, -0.2) is 0 Å². The minimum Gasteiger partial charge on any atom is -0.496 e. The third-order valence-electron chi connectivity index (χ3n) is 3.40. The molecule has 2 rings (SSSR count). The van der Waals surface area contributed by atoms with Crippen molar-refractivity contribution in [3.63, 3.8) is 0 Å². The third kappa shape index (κ3) is 2.25. The van der Waals surface area contributed by atoms with Gasteiger partial charge in [-0.1, -0.05) is 6.92 Å². The first kappa shape index (κ1) is 12.2. The average molecular weight is 235 g/mol. The second kappa shape index (κ2) is 4.96. The third-order valence-corrected chi connectivity index (χ3v) is 3.40. The van der Waals surface area contributed by atoms with Gasteiger partial charge in [0.15, 0.2) is 0 Å². The van der Waals surface area contributed by atoms with Gasteiger partial charge >= 0.3 is 0 Å². The molecular weight excluding hydrogens is 214 g/mol. The molecule has 1 aliphatic rings. The van der Waals surface area contributed by atoms with E-state index in [1.165, 1.54) is 16.7 Å². The molecule has 1 atom stereocenters. The number of rotatable bonds is 4. The van der Waals surface area contributed by atoms with Gasteiger partial charge < -0.3 is 15.2 Å². The molecule has 0 bridgehead atoms. The molecule has 3 nitrogen and oxygen atoms in total. The maximum atomic E-state index is 6.03. The fourth-order valence-corrected chi connectivity index (χ4v) is 2.45. The highest BCUT2D eigenvalue weighted by molar-refractivity contribution is 5.56. The summed E-state index contributed by atoms with van der Waals surface area (Å²) in [6, 6.07) is 2.36. The fourth-order valence-electron chi connectivity index (χ4n) is 2.45. The van der Waals surface area contributed by atoms with E-state index in [0.717, 1.165) is 37.4 Å². The number of benzene rings is 1. The fraction of sp³-hybridized carbons (Fsp3) is 0.571. The number of nitrogens with two attached hydrogens (primary N) is 1. The Morgan fingerprint density at radius 1 is 1.53 bits per heavy atom. The molecule has 0 radical (unpaired) electrons. The molecule has 17 heavy (non-hydrogen) atoms. The van der Waals surface area contributed by atoms with Crippen LogP contribution in [0.3, 0.4) is 0 Å². The summed E-state index contributed by atoms with van der Waals surface area (Å²) < 4.78 is 11.2. The number of methoxy groups -OCH3 is 1. The van der Waals surface area contributed by atoms with Crippen LogP contribution in [0.25, 0.3) is 0 Å². The molecule has 0 saturated carbocycles. The van der Waals surface area contributed by atoms with Crippen LogP contribution in [-0.2, 0) is 12.8 Å². The molecule has 2 N–H and O–H groups in total. The maximum absolute atomic E-state index is 6.03. The van der Waals surface area contributed by atoms with Crippen molar-refractivity contribution in [1.82, 2.24) is 0 Å². The second-order valence-corrected chi connectivity index (χ2v) is 4.66. The first-order chi connectivity index (χ1) is 8.17. The molecular formula is C14H21NO2. The van der Waals surface area contributed by atoms with Crippen LogP contribution >= 0.6 is 0 Å². The Kier molecular flexibility index (Phi) is 3.57. The largest absolute Gasteiger partial charge is 0.496 e. The lowest BCUT2D eigenvalue weighted by atomic mass is 9.97. The van der Waals surface area contributed by atoms with E-state index in [1.54, 1.807) is 7.11 Å². The van der Waals surface area contributed by atoms with Gasteiger partial charge in [-0.15, -0.1) is 0 Å². The van der Waals surface area contributed by atoms with Crippen LogP contribution in [-0.4, -0.2) is 19.8 Å². The number of hydrogen-bond donors (Lipinski definition) is 1. The van der Waals surface area contributed by atoms with E-state index in [0.29, 0.717) is 0 Å². The van der Waals surface area contributed by atoms with Gasteiger partial charge in [0.05, 0.1) is 13.7 Å². The van der Waals surface area contributed by atoms with Gasteiger partial charge in [0.2, 0.25) is 0 Å². The summed E-state index contributed by atoms with van der Waals surface area (Å²) in [6.45, 7) is 4.95. The Morgan fingerprint density at radius 3 is 2.94 bits per heavy atom. The zero-order chi connectivity index (χ0) is 12.4. The zero-order valence-electron chi connectivity index (χ0n) is 10.9. The van der Waals surface area contributed by atoms with Crippen molar-refractivity contribution in [1.29, 1.82) is 0 Å². The Labute approximate surface area is 103 Å². The predicted molar refractivity (Wildman–Crippen MR) is 68.9 cm³/mol. The molecule has 1 heterocycles. The van der Waals surface area contributed by atoms with Crippen LogP contribution in [0.2, 0.25) is 0 Å². The normalized spacial score (nSPS) is 15.3. The maximum Gasteiger partial charge on any atom is 0.129 e. The van der Waals surface area contributed by atoms with Gasteiger partial charge in [-0.3, -0.25) is 0 Å². The lowest BCUT2D eigenvalue weighted by Gasteiger charge is -2.16. The van der Waals surface area contributed by atoms with Crippen LogP contribution in [0, 0.1) is 6.92 Å². The molecule has 0 saturated heterocycles. The Bertz CT molecular complexity index is 415. The van der Waals surface area contributed by atoms with Crippen molar-refractivity contribution in [2.45, 2.75) is 39.2 Å². The smallest absolute Gasteiger partial charge is 0.129 e. The standard InChI is InChI=1S/C14H21NO2/c1-4-11(15)8-10-7-9(2)13(16-3)12-5-6-17-14(10)12/h7,11H,4-6,8,15H2,1-3H3. The number of aryl methyl sites for hydroxylation is 1. The highest BCUT2D eigenvalue weighted by Crippen LogP contribution is 2.39. The monoisotopic (exact) mass is 235 g/mol. The van der Waals surface area contributed by atoms with Crippen LogP contribution in [0.5, 0.6) is 11.5 Å². The average Bonchev–Trinajstić information content (AvgIpc) is 2.78. The van der Waals surface area contributed by atoms with E-state index in [2.05, 4.69) is 19.9 Å². The minimum absolute atomic E-state index is 0.205. The Morgan fingerprint density at radius 2 is 2.29 bits per heavy atom. The van der Waals surface area contributed by atoms with E-state index >= 15 is 0 Å². The van der Waals surface area contributed by atoms with Crippen molar-refractivity contribution in [3.05, 3.63) is 22.8 Å². The summed E-state index contributed by atoms with van der Waals surface area (Å²) in [4.78, 5) is 0. The zero-order valence-corrected chi connectivity index (χ0v) is 10.9. The Hall–Kier alpha value is -1.22. The molecule has 0 aliphatic carbocycles. The lowest BCUT2D eigenvalue weighted by Crippen LogP contribution is -2.21. The highest BCUT2D eigenvalue weighted by Gasteiger charge is 2.23. The highest BCUT2D eigenvalue weighted by atomic mass is 16.5. The molecule has 0 spiro atoms. The molecule has 1 aromatic carbocycles. The first-order valence-electron chi connectivity index (χ1n) is 6.25. The number of ether oxygens (including phenoxy) is 2. The second-order valence-electron chi connectivity index (χ2n) is 4.66. The summed E-state index contributed by atoms with van der Waals surface area (Å²) in [5.41, 5.74) is 9.65. The van der Waals surface area contributed by atoms with Crippen molar-refractivity contribution in [2.75, 3.05) is 13.7 Å². The van der Waals surface area contributed by atoms with Crippen molar-refractivity contribution >= 4 is 0 Å². The van der Waals surface area contributed by atoms with Gasteiger partial charge in [0, 0.05) is 18.0 Å². The van der Waals surface area contributed by atoms with E-state index in [4.69, 9.17) is 15.2 Å². The molecule has 0 amide bonds. The van der Waals surface area contributed by atoms with Gasteiger partial charge in [0.1, 0.15) is 11.5 Å². The summed E-state index contributed by atoms with van der Waals surface area (Å²) >= 11 is 0. The van der Waals surface area contributed by atoms with Crippen molar-refractivity contribution in [3.8, 4) is 11.5 Å². The first-order valence-corrected chi connectivity index (χ1v) is 6.25. The summed E-state index contributed by atoms with van der Waals surface area (Å²) in [6.07, 6.45) is 2.80. The SMILES string of the molecule is CCC(N)Cc1cc(C)c(OC)c2c1OCC2. The van der Waals surface area contributed by atoms with Crippen LogP contribution in [0.1, 0.15) is 30.0 Å². The van der Waals surface area contributed by atoms with Gasteiger partial charge in [-0.05, 0) is 37.0 Å². The Balaban J connectivity index is 2.41. The molecule has 0 aromatic heterocycles. The number of fused-ring (bicyclic) bond motifs is 1. The van der Waals surface area contributed by atoms with Gasteiger partial charge in [-0.2, -0.15) is 0 Å². The van der Waals surface area contributed by atoms with E-state index in [9.17, 15) is 0 Å². The van der Waals surface area contributed by atoms with Crippen LogP contribution in [0.4, 0.5) is 0 Å². The van der Waals surface area contributed by atoms with Crippen LogP contribution < -0.4 is 15.2 Å². The van der Waals surface area contributed by atoms with E-state index in [-0.39, 0.29) is 6.04 Å². The van der Waals surface area contributed by atoms with Crippen molar-refractivity contribution in [2.24, 2.45) is 5.73 Å². The summed E-state index contributed by atoms with van der Waals surface area (Å²) in [7, 11) is 1.72. The van der Waals surface area contributed by atoms with Gasteiger partial charge in [0.25, 0.3) is 0 Å². The molecule has 1 unspecified atom stereocenters. The van der Waals surface area contributed by atoms with E-state index < -0.39 is 0 Å². The molecule has 0 fully saturated rings.